The fourth-order valence-electron chi connectivity index (χ4n) is 2.50. The second-order valence-electron chi connectivity index (χ2n) is 5.18. The van der Waals surface area contributed by atoms with Crippen LogP contribution in [-0.4, -0.2) is 28.5 Å². The molecule has 0 aliphatic carbocycles. The molecule has 0 saturated carbocycles. The highest BCUT2D eigenvalue weighted by atomic mass is 32.2. The van der Waals surface area contributed by atoms with Gasteiger partial charge >= 0.3 is 0 Å². The number of benzene rings is 1. The molecule has 1 heterocycles. The van der Waals surface area contributed by atoms with Crippen LogP contribution in [0, 0.1) is 6.92 Å². The van der Waals surface area contributed by atoms with Crippen LogP contribution >= 0.6 is 11.3 Å². The van der Waals surface area contributed by atoms with Crippen LogP contribution in [0.2, 0.25) is 0 Å². The average Bonchev–Trinajstić information content (AvgIpc) is 2.88. The number of aryl methyl sites for hydroxylation is 1. The summed E-state index contributed by atoms with van der Waals surface area (Å²) in [6.07, 6.45) is 0.582. The Hall–Kier alpha value is -2.26. The van der Waals surface area contributed by atoms with Crippen molar-refractivity contribution in [2.45, 2.75) is 25.2 Å². The molecule has 0 aliphatic rings. The molecule has 0 radical (unpaired) electrons. The van der Waals surface area contributed by atoms with Crippen LogP contribution in [-0.2, 0) is 16.4 Å². The highest BCUT2D eigenvalue weighted by Crippen LogP contribution is 2.36. The molecule has 2 rings (SSSR count). The molecule has 0 atom stereocenters. The third kappa shape index (κ3) is 3.72. The number of thiophene rings is 1. The first-order valence-electron chi connectivity index (χ1n) is 7.42. The standard InChI is InChI=1S/C16H20N2O5S2/c1-5-11-9(2)24-16(14(11)15(17)19)18-25(20,21)10-6-7-12(22-3)13(8-10)23-4/h6-8,18H,5H2,1-4H3,(H2,17,19). The van der Waals surface area contributed by atoms with Crippen molar-refractivity contribution in [3.8, 4) is 11.5 Å². The number of nitrogens with one attached hydrogen (secondary N) is 1. The van der Waals surface area contributed by atoms with Crippen LogP contribution in [0.25, 0.3) is 0 Å². The molecule has 0 unspecified atom stereocenters. The predicted molar refractivity (Wildman–Crippen MR) is 97.3 cm³/mol. The lowest BCUT2D eigenvalue weighted by Crippen LogP contribution is -2.18. The molecular weight excluding hydrogens is 364 g/mol. The highest BCUT2D eigenvalue weighted by Gasteiger charge is 2.24. The van der Waals surface area contributed by atoms with Crippen molar-refractivity contribution < 1.29 is 22.7 Å². The van der Waals surface area contributed by atoms with Gasteiger partial charge in [-0.05, 0) is 31.0 Å². The van der Waals surface area contributed by atoms with E-state index in [9.17, 15) is 13.2 Å². The molecule has 136 valence electrons. The monoisotopic (exact) mass is 384 g/mol. The van der Waals surface area contributed by atoms with Crippen LogP contribution in [0.1, 0.15) is 27.7 Å². The molecular formula is C16H20N2O5S2. The van der Waals surface area contributed by atoms with Crippen molar-refractivity contribution in [1.82, 2.24) is 0 Å². The number of methoxy groups -OCH3 is 2. The smallest absolute Gasteiger partial charge is 0.262 e. The molecule has 25 heavy (non-hydrogen) atoms. The van der Waals surface area contributed by atoms with E-state index in [4.69, 9.17) is 15.2 Å². The summed E-state index contributed by atoms with van der Waals surface area (Å²) < 4.78 is 38.1. The minimum Gasteiger partial charge on any atom is -0.493 e. The summed E-state index contributed by atoms with van der Waals surface area (Å²) in [5.41, 5.74) is 6.41. The Labute approximate surface area is 150 Å². The van der Waals surface area contributed by atoms with Gasteiger partial charge in [-0.3, -0.25) is 9.52 Å². The third-order valence-corrected chi connectivity index (χ3v) is 6.24. The molecule has 3 N–H and O–H groups in total. The first kappa shape index (κ1) is 19.1. The number of carbonyl (C=O) groups is 1. The molecule has 0 saturated heterocycles. The number of primary amides is 1. The lowest BCUT2D eigenvalue weighted by Gasteiger charge is -2.11. The Morgan fingerprint density at radius 2 is 1.88 bits per heavy atom. The first-order valence-corrected chi connectivity index (χ1v) is 9.72. The van der Waals surface area contributed by atoms with Gasteiger partial charge in [0.05, 0.1) is 24.7 Å². The number of hydrogen-bond acceptors (Lipinski definition) is 6. The van der Waals surface area contributed by atoms with E-state index < -0.39 is 15.9 Å². The van der Waals surface area contributed by atoms with Gasteiger partial charge in [-0.25, -0.2) is 8.42 Å². The van der Waals surface area contributed by atoms with Gasteiger partial charge in [-0.2, -0.15) is 0 Å². The van der Waals surface area contributed by atoms with Crippen LogP contribution in [0.4, 0.5) is 5.00 Å². The maximum absolute atomic E-state index is 12.7. The summed E-state index contributed by atoms with van der Waals surface area (Å²) in [6, 6.07) is 4.25. The number of carbonyl (C=O) groups excluding carboxylic acids is 1. The van der Waals surface area contributed by atoms with E-state index >= 15 is 0 Å². The van der Waals surface area contributed by atoms with Crippen molar-refractivity contribution in [1.29, 1.82) is 0 Å². The Morgan fingerprint density at radius 1 is 1.24 bits per heavy atom. The van der Waals surface area contributed by atoms with E-state index in [-0.39, 0.29) is 21.2 Å². The zero-order valence-electron chi connectivity index (χ0n) is 14.4. The number of nitrogens with two attached hydrogens (primary N) is 1. The van der Waals surface area contributed by atoms with Crippen molar-refractivity contribution >= 4 is 32.3 Å². The molecule has 0 spiro atoms. The molecule has 1 aromatic heterocycles. The summed E-state index contributed by atoms with van der Waals surface area (Å²) in [6.45, 7) is 3.71. The van der Waals surface area contributed by atoms with E-state index in [1.165, 1.54) is 43.8 Å². The van der Waals surface area contributed by atoms with E-state index in [1.54, 1.807) is 0 Å². The second kappa shape index (κ2) is 7.32. The fourth-order valence-corrected chi connectivity index (χ4v) is 4.97. The normalized spacial score (nSPS) is 11.2. The largest absolute Gasteiger partial charge is 0.493 e. The van der Waals surface area contributed by atoms with Gasteiger partial charge in [-0.1, -0.05) is 6.92 Å². The van der Waals surface area contributed by atoms with Gasteiger partial charge in [0.25, 0.3) is 15.9 Å². The summed E-state index contributed by atoms with van der Waals surface area (Å²) >= 11 is 1.19. The highest BCUT2D eigenvalue weighted by molar-refractivity contribution is 7.93. The molecule has 1 aromatic carbocycles. The number of hydrogen-bond donors (Lipinski definition) is 2. The van der Waals surface area contributed by atoms with Crippen LogP contribution in [0.3, 0.4) is 0 Å². The lowest BCUT2D eigenvalue weighted by molar-refractivity contribution is 0.100. The van der Waals surface area contributed by atoms with Gasteiger partial charge in [0.15, 0.2) is 11.5 Å². The summed E-state index contributed by atoms with van der Waals surface area (Å²) in [7, 11) is -1.04. The molecule has 1 amide bonds. The fraction of sp³-hybridized carbons (Fsp3) is 0.312. The van der Waals surface area contributed by atoms with Crippen molar-refractivity contribution in [2.24, 2.45) is 5.73 Å². The minimum absolute atomic E-state index is 0.00956. The quantitative estimate of drug-likeness (QED) is 0.763. The van der Waals surface area contributed by atoms with Gasteiger partial charge in [0.1, 0.15) is 5.00 Å². The van der Waals surface area contributed by atoms with Gasteiger partial charge in [0.2, 0.25) is 0 Å². The first-order chi connectivity index (χ1) is 11.7. The molecule has 7 nitrogen and oxygen atoms in total. The van der Waals surface area contributed by atoms with E-state index in [1.807, 2.05) is 13.8 Å². The maximum Gasteiger partial charge on any atom is 0.262 e. The second-order valence-corrected chi connectivity index (χ2v) is 8.09. The molecule has 9 heteroatoms. The van der Waals surface area contributed by atoms with Gasteiger partial charge < -0.3 is 15.2 Å². The van der Waals surface area contributed by atoms with Gasteiger partial charge in [0, 0.05) is 10.9 Å². The third-order valence-electron chi connectivity index (χ3n) is 3.70. The number of rotatable bonds is 7. The van der Waals surface area contributed by atoms with Crippen molar-refractivity contribution in [3.05, 3.63) is 34.2 Å². The molecule has 0 fully saturated rings. The Balaban J connectivity index is 2.48. The van der Waals surface area contributed by atoms with Crippen LogP contribution < -0.4 is 19.9 Å². The van der Waals surface area contributed by atoms with Crippen LogP contribution in [0.5, 0.6) is 11.5 Å². The summed E-state index contributed by atoms with van der Waals surface area (Å²) in [5.74, 6) is 0.0443. The summed E-state index contributed by atoms with van der Waals surface area (Å²) in [5, 5.41) is 0.219. The zero-order valence-corrected chi connectivity index (χ0v) is 16.0. The average molecular weight is 384 g/mol. The Morgan fingerprint density at radius 3 is 2.40 bits per heavy atom. The SMILES string of the molecule is CCc1c(C)sc(NS(=O)(=O)c2ccc(OC)c(OC)c2)c1C(N)=O. The number of amides is 1. The van der Waals surface area contributed by atoms with E-state index in [0.717, 1.165) is 10.4 Å². The van der Waals surface area contributed by atoms with Crippen LogP contribution in [0.15, 0.2) is 23.1 Å². The van der Waals surface area contributed by atoms with E-state index in [0.29, 0.717) is 12.2 Å². The zero-order chi connectivity index (χ0) is 18.8. The Bertz CT molecular complexity index is 903. The van der Waals surface area contributed by atoms with Crippen molar-refractivity contribution in [2.75, 3.05) is 18.9 Å². The van der Waals surface area contributed by atoms with Crippen molar-refractivity contribution in [3.63, 3.8) is 0 Å². The van der Waals surface area contributed by atoms with Gasteiger partial charge in [-0.15, -0.1) is 11.3 Å². The topological polar surface area (TPSA) is 108 Å². The number of sulfonamides is 1. The molecule has 0 aliphatic heterocycles. The summed E-state index contributed by atoms with van der Waals surface area (Å²) in [4.78, 5) is 12.6. The predicted octanol–water partition coefficient (Wildman–Crippen LogP) is 2.54. The maximum atomic E-state index is 12.7. The number of anilines is 1. The molecule has 0 bridgehead atoms. The minimum atomic E-state index is -3.92. The number of ether oxygens (including phenoxy) is 2. The van der Waals surface area contributed by atoms with E-state index in [2.05, 4.69) is 4.72 Å². The lowest BCUT2D eigenvalue weighted by atomic mass is 10.1. The molecule has 2 aromatic rings. The Kier molecular flexibility index (Phi) is 5.58.